The molecule has 0 radical (unpaired) electrons. The smallest absolute Gasteiger partial charge is 0.225 e. The van der Waals surface area contributed by atoms with Gasteiger partial charge < -0.3 is 25.8 Å². The molecular weight excluding hydrogens is 340 g/mol. The summed E-state index contributed by atoms with van der Waals surface area (Å²) in [5, 5.41) is 9.74. The molecule has 27 heavy (non-hydrogen) atoms. The quantitative estimate of drug-likeness (QED) is 0.529. The predicted molar refractivity (Wildman–Crippen MR) is 110 cm³/mol. The number of hydrogen-bond acceptors (Lipinski definition) is 4. The van der Waals surface area contributed by atoms with Crippen molar-refractivity contribution in [2.45, 2.75) is 18.8 Å². The fraction of sp³-hybridized carbons (Fsp3) is 0.600. The monoisotopic (exact) mass is 372 g/mol. The molecule has 1 amide bonds. The van der Waals surface area contributed by atoms with Gasteiger partial charge >= 0.3 is 0 Å². The Kier molecular flexibility index (Phi) is 7.06. The Labute approximate surface area is 162 Å². The van der Waals surface area contributed by atoms with Crippen LogP contribution in [0.2, 0.25) is 0 Å². The molecule has 0 spiro atoms. The molecule has 1 unspecified atom stereocenters. The number of aliphatic imine (C=N–C) groups is 1. The molecule has 1 aromatic rings. The van der Waals surface area contributed by atoms with Gasteiger partial charge in [0.2, 0.25) is 5.91 Å². The fourth-order valence-corrected chi connectivity index (χ4v) is 3.78. The van der Waals surface area contributed by atoms with Gasteiger partial charge in [-0.15, -0.1) is 0 Å². The van der Waals surface area contributed by atoms with Crippen LogP contribution in [-0.2, 0) is 4.79 Å². The minimum Gasteiger partial charge on any atom is -0.356 e. The van der Waals surface area contributed by atoms with Crippen molar-refractivity contribution in [3.8, 4) is 0 Å². The van der Waals surface area contributed by atoms with Crippen LogP contribution < -0.4 is 16.0 Å². The van der Waals surface area contributed by atoms with Crippen LogP contribution in [0.25, 0.3) is 0 Å². The zero-order chi connectivity index (χ0) is 19.1. The number of amides is 1. The van der Waals surface area contributed by atoms with Gasteiger partial charge in [0.05, 0.1) is 0 Å². The van der Waals surface area contributed by atoms with Crippen LogP contribution in [-0.4, -0.2) is 81.6 Å². The molecule has 0 saturated carbocycles. The number of likely N-dealkylation sites (N-methyl/N-ethyl adjacent to an activating group) is 1. The van der Waals surface area contributed by atoms with Gasteiger partial charge in [0.1, 0.15) is 0 Å². The number of guanidine groups is 1. The number of nitrogens with one attached hydrogen (secondary N) is 3. The van der Waals surface area contributed by atoms with Gasteiger partial charge in [-0.3, -0.25) is 9.79 Å². The molecule has 2 aliphatic rings. The van der Waals surface area contributed by atoms with E-state index in [0.717, 1.165) is 44.4 Å². The summed E-state index contributed by atoms with van der Waals surface area (Å²) in [7, 11) is 3.98. The number of rotatable bonds is 5. The van der Waals surface area contributed by atoms with Gasteiger partial charge in [-0.05, 0) is 38.2 Å². The summed E-state index contributed by atoms with van der Waals surface area (Å²) in [5.74, 6) is 1.04. The lowest BCUT2D eigenvalue weighted by atomic mass is 9.90. The van der Waals surface area contributed by atoms with E-state index in [0.29, 0.717) is 13.0 Å². The van der Waals surface area contributed by atoms with Gasteiger partial charge in [0, 0.05) is 57.8 Å². The van der Waals surface area contributed by atoms with E-state index in [1.807, 2.05) is 18.2 Å². The highest BCUT2D eigenvalue weighted by Crippen LogP contribution is 2.31. The van der Waals surface area contributed by atoms with E-state index in [2.05, 4.69) is 43.9 Å². The summed E-state index contributed by atoms with van der Waals surface area (Å²) in [6, 6.07) is 8.03. The Morgan fingerprint density at radius 3 is 2.93 bits per heavy atom. The zero-order valence-corrected chi connectivity index (χ0v) is 16.5. The third kappa shape index (κ3) is 5.68. The molecule has 2 aliphatic heterocycles. The molecule has 2 heterocycles. The van der Waals surface area contributed by atoms with Crippen LogP contribution in [0.4, 0.5) is 5.69 Å². The first-order valence-corrected chi connectivity index (χ1v) is 9.90. The highest BCUT2D eigenvalue weighted by Gasteiger charge is 2.24. The Bertz CT molecular complexity index is 662. The van der Waals surface area contributed by atoms with Gasteiger partial charge in [-0.25, -0.2) is 0 Å². The molecule has 0 aliphatic carbocycles. The molecule has 3 N–H and O–H groups in total. The second-order valence-electron chi connectivity index (χ2n) is 7.41. The first kappa shape index (κ1) is 19.6. The molecule has 7 heteroatoms. The number of fused-ring (bicyclic) bond motifs is 1. The first-order chi connectivity index (χ1) is 13.2. The van der Waals surface area contributed by atoms with E-state index in [1.165, 1.54) is 18.5 Å². The van der Waals surface area contributed by atoms with Crippen LogP contribution in [0.15, 0.2) is 29.3 Å². The lowest BCUT2D eigenvalue weighted by Crippen LogP contribution is -2.44. The third-order valence-corrected chi connectivity index (χ3v) is 5.38. The summed E-state index contributed by atoms with van der Waals surface area (Å²) < 4.78 is 0. The summed E-state index contributed by atoms with van der Waals surface area (Å²) in [6.07, 6.45) is 1.73. The summed E-state index contributed by atoms with van der Waals surface area (Å²) in [5.41, 5.74) is 2.11. The normalized spacial score (nSPS) is 21.9. The molecule has 1 aromatic carbocycles. The molecule has 0 bridgehead atoms. The van der Waals surface area contributed by atoms with Crippen molar-refractivity contribution in [3.63, 3.8) is 0 Å². The topological polar surface area (TPSA) is 72.0 Å². The summed E-state index contributed by atoms with van der Waals surface area (Å²) >= 11 is 0. The molecular formula is C20H32N6O. The second-order valence-corrected chi connectivity index (χ2v) is 7.41. The van der Waals surface area contributed by atoms with E-state index in [4.69, 9.17) is 0 Å². The number of benzene rings is 1. The maximum Gasteiger partial charge on any atom is 0.225 e. The Morgan fingerprint density at radius 2 is 2.07 bits per heavy atom. The van der Waals surface area contributed by atoms with E-state index < -0.39 is 0 Å². The van der Waals surface area contributed by atoms with Crippen molar-refractivity contribution in [3.05, 3.63) is 29.8 Å². The van der Waals surface area contributed by atoms with Crippen molar-refractivity contribution >= 4 is 17.6 Å². The van der Waals surface area contributed by atoms with E-state index in [-0.39, 0.29) is 11.8 Å². The second kappa shape index (κ2) is 9.71. The maximum atomic E-state index is 12.0. The Balaban J connectivity index is 1.45. The minimum atomic E-state index is 0.0783. The molecule has 1 fully saturated rings. The minimum absolute atomic E-state index is 0.0783. The van der Waals surface area contributed by atoms with Crippen LogP contribution in [0.3, 0.4) is 0 Å². The van der Waals surface area contributed by atoms with E-state index in [9.17, 15) is 4.79 Å². The van der Waals surface area contributed by atoms with E-state index >= 15 is 0 Å². The molecule has 1 atom stereocenters. The number of nitrogens with zero attached hydrogens (tertiary/aromatic N) is 3. The largest absolute Gasteiger partial charge is 0.356 e. The lowest BCUT2D eigenvalue weighted by Gasteiger charge is -2.26. The molecule has 7 nitrogen and oxygen atoms in total. The van der Waals surface area contributed by atoms with Crippen LogP contribution in [0.5, 0.6) is 0 Å². The SMILES string of the molecule is CN=C(NCCN1CCCN(C)CC1)NCC1CC(=O)Nc2ccccc21. The number of carbonyl (C=O) groups is 1. The summed E-state index contributed by atoms with van der Waals surface area (Å²) in [4.78, 5) is 21.2. The fourth-order valence-electron chi connectivity index (χ4n) is 3.78. The van der Waals surface area contributed by atoms with Crippen LogP contribution in [0.1, 0.15) is 24.3 Å². The number of para-hydroxylation sites is 1. The van der Waals surface area contributed by atoms with Gasteiger partial charge in [-0.2, -0.15) is 0 Å². The zero-order valence-electron chi connectivity index (χ0n) is 16.5. The number of anilines is 1. The first-order valence-electron chi connectivity index (χ1n) is 9.90. The standard InChI is InChI=1S/C20H32N6O/c1-21-20(22-8-11-26-10-5-9-25(2)12-13-26)23-15-16-14-19(27)24-18-7-4-3-6-17(16)18/h3-4,6-7,16H,5,8-15H2,1-2H3,(H,24,27)(H2,21,22,23). The van der Waals surface area contributed by atoms with Crippen molar-refractivity contribution < 1.29 is 4.79 Å². The maximum absolute atomic E-state index is 12.0. The van der Waals surface area contributed by atoms with Crippen molar-refractivity contribution in [2.75, 3.05) is 65.2 Å². The van der Waals surface area contributed by atoms with Crippen molar-refractivity contribution in [1.29, 1.82) is 0 Å². The Hall–Kier alpha value is -2.12. The average molecular weight is 373 g/mol. The van der Waals surface area contributed by atoms with Crippen molar-refractivity contribution in [1.82, 2.24) is 20.4 Å². The van der Waals surface area contributed by atoms with E-state index in [1.54, 1.807) is 7.05 Å². The molecule has 148 valence electrons. The van der Waals surface area contributed by atoms with Gasteiger partial charge in [0.25, 0.3) is 0 Å². The molecule has 3 rings (SSSR count). The highest BCUT2D eigenvalue weighted by atomic mass is 16.1. The number of hydrogen-bond donors (Lipinski definition) is 3. The van der Waals surface area contributed by atoms with Gasteiger partial charge in [-0.1, -0.05) is 18.2 Å². The van der Waals surface area contributed by atoms with Crippen molar-refractivity contribution in [2.24, 2.45) is 4.99 Å². The lowest BCUT2D eigenvalue weighted by molar-refractivity contribution is -0.116. The highest BCUT2D eigenvalue weighted by molar-refractivity contribution is 5.94. The average Bonchev–Trinajstić information content (AvgIpc) is 2.88. The molecule has 0 aromatic heterocycles. The summed E-state index contributed by atoms with van der Waals surface area (Å²) in [6.45, 7) is 7.18. The van der Waals surface area contributed by atoms with Gasteiger partial charge in [0.15, 0.2) is 5.96 Å². The van der Waals surface area contributed by atoms with Crippen LogP contribution in [0, 0.1) is 0 Å². The molecule has 1 saturated heterocycles. The van der Waals surface area contributed by atoms with Crippen LogP contribution >= 0.6 is 0 Å². The third-order valence-electron chi connectivity index (χ3n) is 5.38. The predicted octanol–water partition coefficient (Wildman–Crippen LogP) is 0.915. The number of carbonyl (C=O) groups excluding carboxylic acids is 1. The Morgan fingerprint density at radius 1 is 1.22 bits per heavy atom.